The van der Waals surface area contributed by atoms with Crippen LogP contribution in [0.1, 0.15) is 15.9 Å². The molecule has 0 aliphatic rings. The van der Waals surface area contributed by atoms with Crippen molar-refractivity contribution < 1.29 is 9.18 Å². The first-order chi connectivity index (χ1) is 11.7. The van der Waals surface area contributed by atoms with Gasteiger partial charge in [0.1, 0.15) is 5.82 Å². The second kappa shape index (κ2) is 7.32. The third kappa shape index (κ3) is 4.13. The van der Waals surface area contributed by atoms with Gasteiger partial charge in [-0.1, -0.05) is 0 Å². The average molecular weight is 322 g/mol. The molecule has 1 amide bonds. The molecule has 0 aliphatic carbocycles. The van der Waals surface area contributed by atoms with Crippen LogP contribution >= 0.6 is 0 Å². The first-order valence-corrected chi connectivity index (χ1v) is 7.35. The second-order valence-electron chi connectivity index (χ2n) is 5.13. The first-order valence-electron chi connectivity index (χ1n) is 7.35. The Balaban J connectivity index is 1.65. The summed E-state index contributed by atoms with van der Waals surface area (Å²) in [6, 6.07) is 11.1. The van der Waals surface area contributed by atoms with Crippen molar-refractivity contribution in [2.75, 3.05) is 10.6 Å². The highest BCUT2D eigenvalue weighted by molar-refractivity contribution is 6.04. The summed E-state index contributed by atoms with van der Waals surface area (Å²) in [6.45, 7) is 0.604. The highest BCUT2D eigenvalue weighted by atomic mass is 19.1. The van der Waals surface area contributed by atoms with Gasteiger partial charge in [-0.3, -0.25) is 14.8 Å². The fraction of sp³-hybridized carbons (Fsp3) is 0.0556. The van der Waals surface area contributed by atoms with Crippen molar-refractivity contribution in [3.8, 4) is 0 Å². The normalized spacial score (nSPS) is 10.2. The molecular formula is C18H15FN4O. The molecule has 2 N–H and O–H groups in total. The van der Waals surface area contributed by atoms with Gasteiger partial charge >= 0.3 is 0 Å². The highest BCUT2D eigenvalue weighted by Crippen LogP contribution is 2.13. The molecule has 0 saturated heterocycles. The van der Waals surface area contributed by atoms with E-state index < -0.39 is 0 Å². The predicted molar refractivity (Wildman–Crippen MR) is 90.2 cm³/mol. The topological polar surface area (TPSA) is 66.9 Å². The van der Waals surface area contributed by atoms with Crippen molar-refractivity contribution in [2.45, 2.75) is 6.54 Å². The van der Waals surface area contributed by atoms with Crippen LogP contribution in [0.4, 0.5) is 15.8 Å². The number of amides is 1. The highest BCUT2D eigenvalue weighted by Gasteiger charge is 2.08. The van der Waals surface area contributed by atoms with Gasteiger partial charge in [0.05, 0.1) is 11.3 Å². The van der Waals surface area contributed by atoms with E-state index in [9.17, 15) is 9.18 Å². The largest absolute Gasteiger partial charge is 0.380 e. The fourth-order valence-corrected chi connectivity index (χ4v) is 2.10. The SMILES string of the molecule is O=C(Nc1ccc(F)cc1)c1cncc(NCc2ccncc2)c1. The van der Waals surface area contributed by atoms with E-state index in [1.807, 2.05) is 12.1 Å². The summed E-state index contributed by atoms with van der Waals surface area (Å²) in [5.41, 5.74) is 2.75. The maximum absolute atomic E-state index is 12.9. The number of aromatic nitrogens is 2. The van der Waals surface area contributed by atoms with Gasteiger partial charge in [0, 0.05) is 37.0 Å². The van der Waals surface area contributed by atoms with Gasteiger partial charge in [0.25, 0.3) is 5.91 Å². The van der Waals surface area contributed by atoms with Crippen molar-refractivity contribution in [2.24, 2.45) is 0 Å². The smallest absolute Gasteiger partial charge is 0.257 e. The molecule has 0 aliphatic heterocycles. The van der Waals surface area contributed by atoms with E-state index in [2.05, 4.69) is 20.6 Å². The minimum absolute atomic E-state index is 0.304. The summed E-state index contributed by atoms with van der Waals surface area (Å²) in [7, 11) is 0. The van der Waals surface area contributed by atoms with E-state index in [-0.39, 0.29) is 11.7 Å². The molecule has 2 heterocycles. The van der Waals surface area contributed by atoms with E-state index in [0.29, 0.717) is 17.8 Å². The maximum atomic E-state index is 12.9. The molecule has 3 rings (SSSR count). The third-order valence-electron chi connectivity index (χ3n) is 3.35. The van der Waals surface area contributed by atoms with Gasteiger partial charge < -0.3 is 10.6 Å². The van der Waals surface area contributed by atoms with Gasteiger partial charge in [-0.05, 0) is 48.0 Å². The van der Waals surface area contributed by atoms with Crippen LogP contribution in [0, 0.1) is 5.82 Å². The number of rotatable bonds is 5. The molecule has 0 radical (unpaired) electrons. The lowest BCUT2D eigenvalue weighted by molar-refractivity contribution is 0.102. The molecule has 120 valence electrons. The number of halogens is 1. The van der Waals surface area contributed by atoms with Crippen molar-refractivity contribution in [3.05, 3.63) is 84.2 Å². The Hall–Kier alpha value is -3.28. The van der Waals surface area contributed by atoms with Gasteiger partial charge in [0.2, 0.25) is 0 Å². The number of hydrogen-bond donors (Lipinski definition) is 2. The lowest BCUT2D eigenvalue weighted by Crippen LogP contribution is -2.12. The number of pyridine rings is 2. The van der Waals surface area contributed by atoms with Crippen LogP contribution in [0.3, 0.4) is 0 Å². The lowest BCUT2D eigenvalue weighted by atomic mass is 10.2. The molecule has 6 heteroatoms. The van der Waals surface area contributed by atoms with Crippen LogP contribution in [0.2, 0.25) is 0 Å². The van der Waals surface area contributed by atoms with E-state index >= 15 is 0 Å². The summed E-state index contributed by atoms with van der Waals surface area (Å²) < 4.78 is 12.9. The molecule has 0 unspecified atom stereocenters. The van der Waals surface area contributed by atoms with Gasteiger partial charge in [0.15, 0.2) is 0 Å². The molecule has 0 fully saturated rings. The van der Waals surface area contributed by atoms with E-state index in [0.717, 1.165) is 11.3 Å². The Bertz CT molecular complexity index is 822. The summed E-state index contributed by atoms with van der Waals surface area (Å²) in [6.07, 6.45) is 6.58. The quantitative estimate of drug-likeness (QED) is 0.755. The lowest BCUT2D eigenvalue weighted by Gasteiger charge is -2.09. The summed E-state index contributed by atoms with van der Waals surface area (Å²) in [5.74, 6) is -0.654. The van der Waals surface area contributed by atoms with E-state index in [1.165, 1.54) is 30.5 Å². The van der Waals surface area contributed by atoms with Gasteiger partial charge in [-0.2, -0.15) is 0 Å². The summed E-state index contributed by atoms with van der Waals surface area (Å²) in [4.78, 5) is 20.3. The number of anilines is 2. The zero-order valence-corrected chi connectivity index (χ0v) is 12.7. The molecular weight excluding hydrogens is 307 g/mol. The van der Waals surface area contributed by atoms with Crippen LogP contribution in [-0.2, 0) is 6.54 Å². The number of nitrogens with one attached hydrogen (secondary N) is 2. The molecule has 5 nitrogen and oxygen atoms in total. The minimum Gasteiger partial charge on any atom is -0.380 e. The molecule has 0 bridgehead atoms. The molecule has 0 atom stereocenters. The molecule has 0 saturated carbocycles. The van der Waals surface area contributed by atoms with Crippen molar-refractivity contribution in [3.63, 3.8) is 0 Å². The van der Waals surface area contributed by atoms with Crippen LogP contribution in [0.5, 0.6) is 0 Å². The monoisotopic (exact) mass is 322 g/mol. The zero-order chi connectivity index (χ0) is 16.8. The number of carbonyl (C=O) groups excluding carboxylic acids is 1. The molecule has 1 aromatic carbocycles. The number of benzene rings is 1. The fourth-order valence-electron chi connectivity index (χ4n) is 2.10. The molecule has 3 aromatic rings. The molecule has 0 spiro atoms. The zero-order valence-electron chi connectivity index (χ0n) is 12.7. The number of carbonyl (C=O) groups is 1. The average Bonchev–Trinajstić information content (AvgIpc) is 2.63. The second-order valence-corrected chi connectivity index (χ2v) is 5.13. The summed E-state index contributed by atoms with van der Waals surface area (Å²) >= 11 is 0. The van der Waals surface area contributed by atoms with Crippen LogP contribution < -0.4 is 10.6 Å². The molecule has 24 heavy (non-hydrogen) atoms. The first kappa shape index (κ1) is 15.6. The predicted octanol–water partition coefficient (Wildman–Crippen LogP) is 3.48. The Morgan fingerprint density at radius 1 is 0.958 bits per heavy atom. The van der Waals surface area contributed by atoms with Crippen LogP contribution in [0.15, 0.2) is 67.3 Å². The number of nitrogens with zero attached hydrogens (tertiary/aromatic N) is 2. The van der Waals surface area contributed by atoms with Crippen LogP contribution in [0.25, 0.3) is 0 Å². The molecule has 2 aromatic heterocycles. The van der Waals surface area contributed by atoms with E-state index in [1.54, 1.807) is 24.7 Å². The Morgan fingerprint density at radius 3 is 2.46 bits per heavy atom. The maximum Gasteiger partial charge on any atom is 0.257 e. The van der Waals surface area contributed by atoms with Crippen molar-refractivity contribution >= 4 is 17.3 Å². The standard InChI is InChI=1S/C18H15FN4O/c19-15-1-3-16(4-2-15)23-18(24)14-9-17(12-21-11-14)22-10-13-5-7-20-8-6-13/h1-9,11-12,22H,10H2,(H,23,24). The van der Waals surface area contributed by atoms with Crippen molar-refractivity contribution in [1.82, 2.24) is 9.97 Å². The Morgan fingerprint density at radius 2 is 1.71 bits per heavy atom. The Kier molecular flexibility index (Phi) is 4.76. The number of hydrogen-bond acceptors (Lipinski definition) is 4. The van der Waals surface area contributed by atoms with Gasteiger partial charge in [-0.25, -0.2) is 4.39 Å². The van der Waals surface area contributed by atoms with Crippen molar-refractivity contribution in [1.29, 1.82) is 0 Å². The van der Waals surface area contributed by atoms with Gasteiger partial charge in [-0.15, -0.1) is 0 Å². The third-order valence-corrected chi connectivity index (χ3v) is 3.35. The summed E-state index contributed by atoms with van der Waals surface area (Å²) in [5, 5.41) is 5.91. The van der Waals surface area contributed by atoms with Crippen LogP contribution in [-0.4, -0.2) is 15.9 Å². The Labute approximate surface area is 138 Å². The van der Waals surface area contributed by atoms with E-state index in [4.69, 9.17) is 0 Å². The minimum atomic E-state index is -0.350.